The molecule has 1 aromatic carbocycles. The van der Waals surface area contributed by atoms with Gasteiger partial charge >= 0.3 is 0 Å². The molecule has 1 aliphatic heterocycles. The van der Waals surface area contributed by atoms with Gasteiger partial charge in [-0.25, -0.2) is 22.8 Å². The number of pyridine rings is 3. The maximum Gasteiger partial charge on any atom is 0.254 e. The lowest BCUT2D eigenvalue weighted by atomic mass is 9.88. The van der Waals surface area contributed by atoms with Gasteiger partial charge in [-0.15, -0.1) is 0 Å². The fourth-order valence-corrected chi connectivity index (χ4v) is 6.24. The van der Waals surface area contributed by atoms with Crippen LogP contribution in [0.25, 0.3) is 22.3 Å². The second-order valence-corrected chi connectivity index (χ2v) is 12.8. The summed E-state index contributed by atoms with van der Waals surface area (Å²) in [6.07, 6.45) is 2.33. The van der Waals surface area contributed by atoms with Crippen LogP contribution in [0.1, 0.15) is 35.5 Å². The molecule has 1 amide bonds. The molecule has 1 unspecified atom stereocenters. The number of aliphatic hydroxyl groups excluding tert-OH is 1. The van der Waals surface area contributed by atoms with Gasteiger partial charge in [-0.05, 0) is 66.8 Å². The van der Waals surface area contributed by atoms with Gasteiger partial charge in [0, 0.05) is 30.9 Å². The van der Waals surface area contributed by atoms with Gasteiger partial charge in [0.05, 0.1) is 45.7 Å². The molecule has 5 rings (SSSR count). The molecule has 4 aromatic rings. The topological polar surface area (TPSA) is 125 Å². The van der Waals surface area contributed by atoms with Crippen LogP contribution in [0.15, 0.2) is 59.6 Å². The van der Waals surface area contributed by atoms with E-state index in [-0.39, 0.29) is 40.5 Å². The number of benzene rings is 1. The number of hydrogen-bond donors (Lipinski definition) is 2. The Labute approximate surface area is 238 Å². The number of aromatic nitrogens is 3. The van der Waals surface area contributed by atoms with Crippen molar-refractivity contribution < 1.29 is 22.7 Å². The van der Waals surface area contributed by atoms with Crippen molar-refractivity contribution >= 4 is 32.5 Å². The number of anilines is 1. The summed E-state index contributed by atoms with van der Waals surface area (Å²) in [5, 5.41) is 13.8. The molecule has 9 nitrogen and oxygen atoms in total. The predicted molar refractivity (Wildman–Crippen MR) is 155 cm³/mol. The maximum absolute atomic E-state index is 14.5. The number of carbonyl (C=O) groups excluding carboxylic acids is 1. The lowest BCUT2D eigenvalue weighted by molar-refractivity contribution is 0.0527. The quantitative estimate of drug-likeness (QED) is 0.331. The summed E-state index contributed by atoms with van der Waals surface area (Å²) in [5.41, 5.74) is 2.42. The van der Waals surface area contributed by atoms with Crippen molar-refractivity contribution in [1.82, 2.24) is 20.3 Å². The van der Waals surface area contributed by atoms with Gasteiger partial charge in [0.15, 0.2) is 9.84 Å². The molecule has 1 fully saturated rings. The molecule has 3 atom stereocenters. The van der Waals surface area contributed by atoms with E-state index in [9.17, 15) is 22.7 Å². The third kappa shape index (κ3) is 6.06. The van der Waals surface area contributed by atoms with Crippen molar-refractivity contribution in [2.24, 2.45) is 11.8 Å². The van der Waals surface area contributed by atoms with Gasteiger partial charge in [-0.2, -0.15) is 0 Å². The van der Waals surface area contributed by atoms with Gasteiger partial charge < -0.3 is 15.3 Å². The monoisotopic (exact) mass is 577 g/mol. The number of aliphatic hydroxyl groups is 1. The summed E-state index contributed by atoms with van der Waals surface area (Å²) in [4.78, 5) is 28.8. The molecule has 0 spiro atoms. The van der Waals surface area contributed by atoms with Crippen LogP contribution < -0.4 is 10.2 Å². The highest BCUT2D eigenvalue weighted by Gasteiger charge is 2.31. The summed E-state index contributed by atoms with van der Waals surface area (Å²) >= 11 is 0. The van der Waals surface area contributed by atoms with Gasteiger partial charge in [0.25, 0.3) is 5.91 Å². The first-order valence-electron chi connectivity index (χ1n) is 13.3. The van der Waals surface area contributed by atoms with Crippen molar-refractivity contribution in [2.75, 3.05) is 24.2 Å². The minimum Gasteiger partial charge on any atom is -0.392 e. The molecule has 0 radical (unpaired) electrons. The molecule has 1 saturated heterocycles. The molecule has 0 saturated carbocycles. The van der Waals surface area contributed by atoms with Crippen LogP contribution in [0.3, 0.4) is 0 Å². The van der Waals surface area contributed by atoms with Crippen LogP contribution in [0, 0.1) is 24.6 Å². The number of nitrogens with zero attached hydrogens (tertiary/aromatic N) is 4. The van der Waals surface area contributed by atoms with Gasteiger partial charge in [0.1, 0.15) is 11.6 Å². The molecule has 41 heavy (non-hydrogen) atoms. The summed E-state index contributed by atoms with van der Waals surface area (Å²) in [6.45, 7) is 6.99. The first-order chi connectivity index (χ1) is 19.4. The second kappa shape index (κ2) is 11.1. The zero-order valence-electron chi connectivity index (χ0n) is 23.3. The van der Waals surface area contributed by atoms with Crippen LogP contribution >= 0.6 is 0 Å². The van der Waals surface area contributed by atoms with Crippen LogP contribution in [0.4, 0.5) is 10.2 Å². The predicted octanol–water partition coefficient (Wildman–Crippen LogP) is 3.93. The van der Waals surface area contributed by atoms with Gasteiger partial charge in [0.2, 0.25) is 0 Å². The molecule has 214 valence electrons. The summed E-state index contributed by atoms with van der Waals surface area (Å²) in [5.74, 6) is -0.441. The fourth-order valence-electron chi connectivity index (χ4n) is 5.27. The Kier molecular flexibility index (Phi) is 7.76. The van der Waals surface area contributed by atoms with Crippen LogP contribution in [-0.4, -0.2) is 59.8 Å². The van der Waals surface area contributed by atoms with Crippen LogP contribution in [0.2, 0.25) is 0 Å². The number of piperidine rings is 1. The number of nitrogens with one attached hydrogen (secondary N) is 1. The number of carbonyl (C=O) groups is 1. The molecule has 2 N–H and O–H groups in total. The Morgan fingerprint density at radius 3 is 2.49 bits per heavy atom. The average molecular weight is 578 g/mol. The number of rotatable bonds is 6. The standard InChI is InChI=1S/C30H32FN5O4S/c1-17-10-23(31)22(12-27(17)41(4,39)40)30(38)33-14-21-11-26-20(13-32-21)8-9-25(34-26)24-6-5-7-28(35-24)36-15-18(2)29(37)19(3)16-36/h5-13,18-19,29,37H,14-16H2,1-4H3,(H,33,38)/t18-,19+,29?. The first kappa shape index (κ1) is 28.6. The number of aryl methyl sites for hydroxylation is 1. The molecular formula is C30H32FN5O4S. The second-order valence-electron chi connectivity index (χ2n) is 10.8. The molecule has 0 bridgehead atoms. The number of amides is 1. The van der Waals surface area contributed by atoms with Gasteiger partial charge in [-0.1, -0.05) is 19.9 Å². The Bertz CT molecular complexity index is 1730. The molecule has 1 aliphatic rings. The largest absolute Gasteiger partial charge is 0.392 e. The van der Waals surface area contributed by atoms with E-state index in [1.807, 2.05) is 44.2 Å². The van der Waals surface area contributed by atoms with Crippen LogP contribution in [-0.2, 0) is 16.4 Å². The number of sulfone groups is 1. The zero-order chi connectivity index (χ0) is 29.5. The van der Waals surface area contributed by atoms with Crippen LogP contribution in [0.5, 0.6) is 0 Å². The summed E-state index contributed by atoms with van der Waals surface area (Å²) in [6, 6.07) is 13.4. The van der Waals surface area contributed by atoms with Crippen molar-refractivity contribution in [3.63, 3.8) is 0 Å². The summed E-state index contributed by atoms with van der Waals surface area (Å²) in [7, 11) is -3.63. The molecule has 4 heterocycles. The minimum atomic E-state index is -3.63. The van der Waals surface area contributed by atoms with Crippen molar-refractivity contribution in [1.29, 1.82) is 0 Å². The van der Waals surface area contributed by atoms with Crippen molar-refractivity contribution in [2.45, 2.75) is 38.3 Å². The van der Waals surface area contributed by atoms with E-state index in [2.05, 4.69) is 15.2 Å². The first-order valence-corrected chi connectivity index (χ1v) is 15.2. The highest BCUT2D eigenvalue weighted by molar-refractivity contribution is 7.90. The Hall–Kier alpha value is -3.96. The SMILES string of the molecule is Cc1cc(F)c(C(=O)NCc2cc3nc(-c4cccc(N5C[C@@H](C)C(O)[C@@H](C)C5)n4)ccc3cn2)cc1S(C)(=O)=O. The Balaban J connectivity index is 1.35. The minimum absolute atomic E-state index is 0.00682. The fraction of sp³-hybridized carbons (Fsp3) is 0.333. The molecular weight excluding hydrogens is 545 g/mol. The van der Waals surface area contributed by atoms with E-state index < -0.39 is 21.6 Å². The summed E-state index contributed by atoms with van der Waals surface area (Å²) < 4.78 is 38.6. The highest BCUT2D eigenvalue weighted by atomic mass is 32.2. The van der Waals surface area contributed by atoms with Gasteiger partial charge in [-0.3, -0.25) is 9.78 Å². The smallest absolute Gasteiger partial charge is 0.254 e. The van der Waals surface area contributed by atoms with E-state index in [0.29, 0.717) is 22.6 Å². The number of fused-ring (bicyclic) bond motifs is 1. The normalized spacial score (nSPS) is 19.4. The van der Waals surface area contributed by atoms with E-state index in [1.54, 1.807) is 12.3 Å². The molecule has 0 aliphatic carbocycles. The lowest BCUT2D eigenvalue weighted by Gasteiger charge is -2.39. The zero-order valence-corrected chi connectivity index (χ0v) is 24.1. The van der Waals surface area contributed by atoms with Crippen molar-refractivity contribution in [3.05, 3.63) is 77.4 Å². The maximum atomic E-state index is 14.5. The Morgan fingerprint density at radius 1 is 1.07 bits per heavy atom. The molecule has 11 heteroatoms. The highest BCUT2D eigenvalue weighted by Crippen LogP contribution is 2.28. The number of halogens is 1. The third-order valence-corrected chi connectivity index (χ3v) is 8.71. The van der Waals surface area contributed by atoms with E-state index in [1.165, 1.54) is 6.92 Å². The molecule has 3 aromatic heterocycles. The van der Waals surface area contributed by atoms with E-state index in [0.717, 1.165) is 42.7 Å². The third-order valence-electron chi connectivity index (χ3n) is 7.47. The lowest BCUT2D eigenvalue weighted by Crippen LogP contribution is -2.47. The van der Waals surface area contributed by atoms with Crippen molar-refractivity contribution in [3.8, 4) is 11.4 Å². The number of hydrogen-bond acceptors (Lipinski definition) is 8. The van der Waals surface area contributed by atoms with E-state index in [4.69, 9.17) is 9.97 Å². The average Bonchev–Trinajstić information content (AvgIpc) is 2.93. The Morgan fingerprint density at radius 2 is 1.78 bits per heavy atom. The van der Waals surface area contributed by atoms with E-state index >= 15 is 0 Å².